The highest BCUT2D eigenvalue weighted by atomic mass is 35.5. The van der Waals surface area contributed by atoms with Crippen LogP contribution in [0.5, 0.6) is 0 Å². The molecule has 0 spiro atoms. The lowest BCUT2D eigenvalue weighted by molar-refractivity contribution is 0.171. The lowest BCUT2D eigenvalue weighted by Gasteiger charge is -2.18. The van der Waals surface area contributed by atoms with E-state index in [0.717, 1.165) is 5.56 Å². The summed E-state index contributed by atoms with van der Waals surface area (Å²) in [5.74, 6) is 0. The predicted octanol–water partition coefficient (Wildman–Crippen LogP) is 4.03. The molecule has 0 aliphatic heterocycles. The average Bonchev–Trinajstić information content (AvgIpc) is 2.45. The van der Waals surface area contributed by atoms with Crippen molar-refractivity contribution in [2.75, 3.05) is 6.54 Å². The molecule has 0 aromatic heterocycles. The van der Waals surface area contributed by atoms with E-state index in [9.17, 15) is 5.11 Å². The first-order chi connectivity index (χ1) is 9.56. The Morgan fingerprint density at radius 1 is 1.10 bits per heavy atom. The van der Waals surface area contributed by atoms with Gasteiger partial charge in [0.1, 0.15) is 0 Å². The molecule has 0 saturated carbocycles. The molecule has 2 aromatic carbocycles. The monoisotopic (exact) mass is 289 g/mol. The van der Waals surface area contributed by atoms with E-state index in [1.165, 1.54) is 11.1 Å². The Morgan fingerprint density at radius 2 is 1.80 bits per heavy atom. The summed E-state index contributed by atoms with van der Waals surface area (Å²) < 4.78 is 0. The van der Waals surface area contributed by atoms with E-state index in [1.54, 1.807) is 12.1 Å². The first-order valence-corrected chi connectivity index (χ1v) is 7.17. The number of aliphatic hydroxyl groups excluding tert-OH is 1. The Bertz CT molecular complexity index is 553. The number of hydrogen-bond acceptors (Lipinski definition) is 2. The molecule has 2 nitrogen and oxygen atoms in total. The molecule has 0 radical (unpaired) electrons. The fourth-order valence-corrected chi connectivity index (χ4v) is 2.27. The standard InChI is InChI=1S/C17H20ClNO/c1-12-4-3-5-15(10-12)13(2)19-11-17(20)14-6-8-16(18)9-7-14/h3-10,13,17,19-20H,11H2,1-2H3/t13-,17?/m1/s1. The number of nitrogens with one attached hydrogen (secondary N) is 1. The molecule has 3 heteroatoms. The summed E-state index contributed by atoms with van der Waals surface area (Å²) in [5, 5.41) is 14.2. The van der Waals surface area contributed by atoms with Gasteiger partial charge < -0.3 is 10.4 Å². The second-order valence-corrected chi connectivity index (χ2v) is 5.55. The third-order valence-corrected chi connectivity index (χ3v) is 3.67. The summed E-state index contributed by atoms with van der Waals surface area (Å²) >= 11 is 5.84. The summed E-state index contributed by atoms with van der Waals surface area (Å²) in [5.41, 5.74) is 3.35. The summed E-state index contributed by atoms with van der Waals surface area (Å²) in [6.45, 7) is 4.69. The Kier molecular flexibility index (Phi) is 5.18. The maximum Gasteiger partial charge on any atom is 0.0914 e. The van der Waals surface area contributed by atoms with E-state index in [2.05, 4.69) is 43.4 Å². The zero-order chi connectivity index (χ0) is 14.5. The highest BCUT2D eigenvalue weighted by Gasteiger charge is 2.10. The molecular weight excluding hydrogens is 270 g/mol. The van der Waals surface area contributed by atoms with Crippen molar-refractivity contribution in [2.45, 2.75) is 26.0 Å². The third-order valence-electron chi connectivity index (χ3n) is 3.41. The van der Waals surface area contributed by atoms with Crippen LogP contribution in [0, 0.1) is 6.92 Å². The highest BCUT2D eigenvalue weighted by Crippen LogP contribution is 2.18. The lowest BCUT2D eigenvalue weighted by atomic mass is 10.0. The van der Waals surface area contributed by atoms with Crippen molar-refractivity contribution in [1.29, 1.82) is 0 Å². The average molecular weight is 290 g/mol. The van der Waals surface area contributed by atoms with Crippen LogP contribution in [-0.4, -0.2) is 11.7 Å². The SMILES string of the molecule is Cc1cccc([C@@H](C)NCC(O)c2ccc(Cl)cc2)c1. The van der Waals surface area contributed by atoms with Crippen LogP contribution in [0.3, 0.4) is 0 Å². The van der Waals surface area contributed by atoms with Crippen LogP contribution in [0.15, 0.2) is 48.5 Å². The first-order valence-electron chi connectivity index (χ1n) is 6.80. The van der Waals surface area contributed by atoms with E-state index >= 15 is 0 Å². The van der Waals surface area contributed by atoms with Crippen LogP contribution in [0.25, 0.3) is 0 Å². The minimum absolute atomic E-state index is 0.205. The largest absolute Gasteiger partial charge is 0.387 e. The van der Waals surface area contributed by atoms with Gasteiger partial charge in [0.15, 0.2) is 0 Å². The molecule has 0 amide bonds. The van der Waals surface area contributed by atoms with Crippen molar-refractivity contribution in [3.63, 3.8) is 0 Å². The number of benzene rings is 2. The van der Waals surface area contributed by atoms with Crippen LogP contribution >= 0.6 is 11.6 Å². The molecule has 0 fully saturated rings. The second-order valence-electron chi connectivity index (χ2n) is 5.11. The first kappa shape index (κ1) is 15.0. The van der Waals surface area contributed by atoms with Gasteiger partial charge in [-0.1, -0.05) is 53.6 Å². The van der Waals surface area contributed by atoms with Gasteiger partial charge in [0, 0.05) is 17.6 Å². The Hall–Kier alpha value is -1.35. The summed E-state index contributed by atoms with van der Waals surface area (Å²) in [6.07, 6.45) is -0.528. The molecule has 20 heavy (non-hydrogen) atoms. The van der Waals surface area contributed by atoms with Gasteiger partial charge in [-0.25, -0.2) is 0 Å². The molecule has 2 atom stereocenters. The molecule has 2 N–H and O–H groups in total. The minimum Gasteiger partial charge on any atom is -0.387 e. The van der Waals surface area contributed by atoms with E-state index in [1.807, 2.05) is 12.1 Å². The Balaban J connectivity index is 1.93. The van der Waals surface area contributed by atoms with Crippen molar-refractivity contribution >= 4 is 11.6 Å². The number of rotatable bonds is 5. The van der Waals surface area contributed by atoms with Gasteiger partial charge in [0.2, 0.25) is 0 Å². The van der Waals surface area contributed by atoms with Crippen LogP contribution in [-0.2, 0) is 0 Å². The highest BCUT2D eigenvalue weighted by molar-refractivity contribution is 6.30. The summed E-state index contributed by atoms with van der Waals surface area (Å²) in [7, 11) is 0. The van der Waals surface area contributed by atoms with E-state index in [-0.39, 0.29) is 6.04 Å². The normalized spacial score (nSPS) is 14.0. The molecule has 0 heterocycles. The van der Waals surface area contributed by atoms with Gasteiger partial charge in [-0.2, -0.15) is 0 Å². The topological polar surface area (TPSA) is 32.3 Å². The molecule has 1 unspecified atom stereocenters. The van der Waals surface area contributed by atoms with Gasteiger partial charge in [-0.3, -0.25) is 0 Å². The third kappa shape index (κ3) is 4.07. The van der Waals surface area contributed by atoms with Crippen LogP contribution < -0.4 is 5.32 Å². The number of aryl methyl sites for hydroxylation is 1. The summed E-state index contributed by atoms with van der Waals surface area (Å²) in [6, 6.07) is 15.9. The van der Waals surface area contributed by atoms with Crippen molar-refractivity contribution in [3.05, 3.63) is 70.2 Å². The smallest absolute Gasteiger partial charge is 0.0914 e. The maximum absolute atomic E-state index is 10.2. The van der Waals surface area contributed by atoms with Crippen LogP contribution in [0.1, 0.15) is 35.8 Å². The van der Waals surface area contributed by atoms with E-state index in [0.29, 0.717) is 11.6 Å². The van der Waals surface area contributed by atoms with E-state index < -0.39 is 6.10 Å². The number of aliphatic hydroxyl groups is 1. The molecule has 0 aliphatic carbocycles. The minimum atomic E-state index is -0.528. The van der Waals surface area contributed by atoms with Gasteiger partial charge in [0.05, 0.1) is 6.10 Å². The molecule has 106 valence electrons. The molecular formula is C17H20ClNO. The Morgan fingerprint density at radius 3 is 2.45 bits per heavy atom. The number of halogens is 1. The van der Waals surface area contributed by atoms with Gasteiger partial charge in [0.25, 0.3) is 0 Å². The lowest BCUT2D eigenvalue weighted by Crippen LogP contribution is -2.24. The van der Waals surface area contributed by atoms with Crippen molar-refractivity contribution in [3.8, 4) is 0 Å². The van der Waals surface area contributed by atoms with Crippen molar-refractivity contribution in [2.24, 2.45) is 0 Å². The van der Waals surface area contributed by atoms with Gasteiger partial charge in [-0.05, 0) is 37.1 Å². The van der Waals surface area contributed by atoms with Crippen LogP contribution in [0.4, 0.5) is 0 Å². The Labute approximate surface area is 125 Å². The number of hydrogen-bond donors (Lipinski definition) is 2. The second kappa shape index (κ2) is 6.89. The molecule has 0 aliphatic rings. The maximum atomic E-state index is 10.2. The molecule has 0 bridgehead atoms. The van der Waals surface area contributed by atoms with Crippen molar-refractivity contribution < 1.29 is 5.11 Å². The molecule has 2 aromatic rings. The zero-order valence-electron chi connectivity index (χ0n) is 11.8. The van der Waals surface area contributed by atoms with E-state index in [4.69, 9.17) is 11.6 Å². The fourth-order valence-electron chi connectivity index (χ4n) is 2.15. The molecule has 0 saturated heterocycles. The van der Waals surface area contributed by atoms with Crippen LogP contribution in [0.2, 0.25) is 5.02 Å². The zero-order valence-corrected chi connectivity index (χ0v) is 12.6. The van der Waals surface area contributed by atoms with Gasteiger partial charge >= 0.3 is 0 Å². The fraction of sp³-hybridized carbons (Fsp3) is 0.294. The van der Waals surface area contributed by atoms with Gasteiger partial charge in [-0.15, -0.1) is 0 Å². The quantitative estimate of drug-likeness (QED) is 0.871. The predicted molar refractivity (Wildman–Crippen MR) is 84.0 cm³/mol. The molecule has 2 rings (SSSR count). The summed E-state index contributed by atoms with van der Waals surface area (Å²) in [4.78, 5) is 0. The van der Waals surface area contributed by atoms with Crippen molar-refractivity contribution in [1.82, 2.24) is 5.32 Å².